The number of para-hydroxylation sites is 1. The molecule has 0 radical (unpaired) electrons. The van der Waals surface area contributed by atoms with Gasteiger partial charge in [-0.25, -0.2) is 0 Å². The first-order valence-corrected chi connectivity index (χ1v) is 10.2. The molecule has 1 aromatic carbocycles. The van der Waals surface area contributed by atoms with E-state index in [1.165, 1.54) is 12.8 Å². The Balaban J connectivity index is 1.34. The number of carbonyl (C=O) groups excluding carboxylic acids is 2. The Labute approximate surface area is 161 Å². The van der Waals surface area contributed by atoms with Crippen molar-refractivity contribution in [2.24, 2.45) is 5.92 Å². The number of anilines is 1. The highest BCUT2D eigenvalue weighted by Crippen LogP contribution is 2.34. The predicted octanol–water partition coefficient (Wildman–Crippen LogP) is 1.69. The molecule has 6 heteroatoms. The van der Waals surface area contributed by atoms with E-state index in [1.807, 2.05) is 30.3 Å². The van der Waals surface area contributed by atoms with E-state index < -0.39 is 0 Å². The van der Waals surface area contributed by atoms with Crippen LogP contribution in [0.2, 0.25) is 0 Å². The van der Waals surface area contributed by atoms with Gasteiger partial charge in [0.25, 0.3) is 0 Å². The summed E-state index contributed by atoms with van der Waals surface area (Å²) in [5.74, 6) is 0.993. The Morgan fingerprint density at radius 2 is 2.00 bits per heavy atom. The van der Waals surface area contributed by atoms with Gasteiger partial charge in [-0.15, -0.1) is 0 Å². The SMILES string of the molecule is CN1C(CCC(=O)Nc2ccccc2)CNC(=O)C2C1CCN2CC1CC1. The molecule has 6 nitrogen and oxygen atoms in total. The van der Waals surface area contributed by atoms with Crippen molar-refractivity contribution in [3.8, 4) is 0 Å². The third-order valence-corrected chi connectivity index (χ3v) is 6.30. The molecule has 0 spiro atoms. The molecule has 2 heterocycles. The molecule has 0 bridgehead atoms. The molecule has 2 amide bonds. The molecule has 3 atom stereocenters. The lowest BCUT2D eigenvalue weighted by Gasteiger charge is -2.33. The second-order valence-corrected chi connectivity index (χ2v) is 8.26. The lowest BCUT2D eigenvalue weighted by Crippen LogP contribution is -2.50. The van der Waals surface area contributed by atoms with E-state index in [2.05, 4.69) is 27.5 Å². The maximum Gasteiger partial charge on any atom is 0.239 e. The Bertz CT molecular complexity index is 676. The fraction of sp³-hybridized carbons (Fsp3) is 0.619. The van der Waals surface area contributed by atoms with E-state index in [1.54, 1.807) is 0 Å². The Hall–Kier alpha value is -1.92. The first kappa shape index (κ1) is 18.4. The van der Waals surface area contributed by atoms with E-state index in [0.717, 1.165) is 37.5 Å². The fourth-order valence-corrected chi connectivity index (χ4v) is 4.53. The zero-order valence-corrected chi connectivity index (χ0v) is 16.1. The molecule has 1 aromatic rings. The number of benzene rings is 1. The first-order valence-electron chi connectivity index (χ1n) is 10.2. The molecule has 3 fully saturated rings. The van der Waals surface area contributed by atoms with Crippen LogP contribution in [-0.4, -0.2) is 66.4 Å². The molecule has 146 valence electrons. The second kappa shape index (κ2) is 7.98. The lowest BCUT2D eigenvalue weighted by molar-refractivity contribution is -0.125. The van der Waals surface area contributed by atoms with Crippen molar-refractivity contribution in [2.75, 3.05) is 32.0 Å². The normalized spacial score (nSPS) is 29.1. The third kappa shape index (κ3) is 4.33. The van der Waals surface area contributed by atoms with Gasteiger partial charge in [0.1, 0.15) is 6.04 Å². The van der Waals surface area contributed by atoms with Crippen LogP contribution in [0, 0.1) is 5.92 Å². The van der Waals surface area contributed by atoms with Gasteiger partial charge in [-0.05, 0) is 50.8 Å². The number of rotatable bonds is 6. The van der Waals surface area contributed by atoms with Crippen molar-refractivity contribution in [3.63, 3.8) is 0 Å². The number of hydrogen-bond acceptors (Lipinski definition) is 4. The van der Waals surface area contributed by atoms with E-state index in [0.29, 0.717) is 13.0 Å². The molecule has 2 saturated heterocycles. The van der Waals surface area contributed by atoms with Crippen molar-refractivity contribution in [1.29, 1.82) is 0 Å². The molecular weight excluding hydrogens is 340 g/mol. The van der Waals surface area contributed by atoms with Crippen LogP contribution in [0.5, 0.6) is 0 Å². The maximum absolute atomic E-state index is 12.7. The summed E-state index contributed by atoms with van der Waals surface area (Å²) in [4.78, 5) is 29.8. The van der Waals surface area contributed by atoms with Crippen LogP contribution >= 0.6 is 0 Å². The largest absolute Gasteiger partial charge is 0.353 e. The zero-order valence-electron chi connectivity index (χ0n) is 16.1. The smallest absolute Gasteiger partial charge is 0.239 e. The lowest BCUT2D eigenvalue weighted by atomic mass is 10.0. The number of likely N-dealkylation sites (N-methyl/N-ethyl adjacent to an activating group) is 1. The molecule has 27 heavy (non-hydrogen) atoms. The molecule has 3 aliphatic rings. The van der Waals surface area contributed by atoms with Crippen LogP contribution < -0.4 is 10.6 Å². The summed E-state index contributed by atoms with van der Waals surface area (Å²) in [6.07, 6.45) is 4.87. The highest BCUT2D eigenvalue weighted by molar-refractivity contribution is 5.90. The van der Waals surface area contributed by atoms with E-state index in [-0.39, 0.29) is 29.9 Å². The molecule has 0 aromatic heterocycles. The summed E-state index contributed by atoms with van der Waals surface area (Å²) in [6, 6.07) is 9.98. The number of nitrogens with one attached hydrogen (secondary N) is 2. The van der Waals surface area contributed by atoms with Crippen molar-refractivity contribution >= 4 is 17.5 Å². The van der Waals surface area contributed by atoms with Crippen LogP contribution in [0.3, 0.4) is 0 Å². The molecule has 1 saturated carbocycles. The average molecular weight is 370 g/mol. The summed E-state index contributed by atoms with van der Waals surface area (Å²) < 4.78 is 0. The number of amides is 2. The van der Waals surface area contributed by atoms with E-state index in [9.17, 15) is 9.59 Å². The zero-order chi connectivity index (χ0) is 18.8. The molecule has 2 N–H and O–H groups in total. The van der Waals surface area contributed by atoms with Crippen molar-refractivity contribution in [1.82, 2.24) is 15.1 Å². The number of hydrogen-bond donors (Lipinski definition) is 2. The van der Waals surface area contributed by atoms with Gasteiger partial charge >= 0.3 is 0 Å². The van der Waals surface area contributed by atoms with Gasteiger partial charge in [0.2, 0.25) is 11.8 Å². The van der Waals surface area contributed by atoms with E-state index in [4.69, 9.17) is 0 Å². The Morgan fingerprint density at radius 1 is 1.22 bits per heavy atom. The van der Waals surface area contributed by atoms with E-state index >= 15 is 0 Å². The maximum atomic E-state index is 12.7. The quantitative estimate of drug-likeness (QED) is 0.800. The van der Waals surface area contributed by atoms with Gasteiger partial charge in [-0.1, -0.05) is 18.2 Å². The van der Waals surface area contributed by atoms with Crippen LogP contribution in [-0.2, 0) is 9.59 Å². The summed E-state index contributed by atoms with van der Waals surface area (Å²) >= 11 is 0. The van der Waals surface area contributed by atoms with Gasteiger partial charge in [0, 0.05) is 43.8 Å². The van der Waals surface area contributed by atoms with Gasteiger partial charge in [-0.3, -0.25) is 19.4 Å². The summed E-state index contributed by atoms with van der Waals surface area (Å²) in [7, 11) is 2.12. The van der Waals surface area contributed by atoms with Crippen LogP contribution in [0.4, 0.5) is 5.69 Å². The van der Waals surface area contributed by atoms with Crippen molar-refractivity contribution in [2.45, 2.75) is 50.2 Å². The molecule has 4 rings (SSSR count). The van der Waals surface area contributed by atoms with Gasteiger partial charge in [0.15, 0.2) is 0 Å². The van der Waals surface area contributed by atoms with Crippen LogP contribution in [0.15, 0.2) is 30.3 Å². The minimum absolute atomic E-state index is 0.0289. The molecule has 3 unspecified atom stereocenters. The van der Waals surface area contributed by atoms with Crippen LogP contribution in [0.25, 0.3) is 0 Å². The summed E-state index contributed by atoms with van der Waals surface area (Å²) in [5.41, 5.74) is 0.830. The standard InChI is InChI=1S/C21H30N4O2/c1-24-17(9-10-19(26)23-16-5-3-2-4-6-16)13-22-21(27)20-18(24)11-12-25(20)14-15-7-8-15/h2-6,15,17-18,20H,7-14H2,1H3,(H,22,27)(H,23,26). The topological polar surface area (TPSA) is 64.7 Å². The monoisotopic (exact) mass is 370 g/mol. The number of likely N-dealkylation sites (tertiary alicyclic amines) is 1. The highest BCUT2D eigenvalue weighted by Gasteiger charge is 2.46. The average Bonchev–Trinajstić information content (AvgIpc) is 3.40. The van der Waals surface area contributed by atoms with Gasteiger partial charge in [-0.2, -0.15) is 0 Å². The minimum atomic E-state index is -0.0289. The van der Waals surface area contributed by atoms with Gasteiger partial charge in [0.05, 0.1) is 0 Å². The van der Waals surface area contributed by atoms with Crippen LogP contribution in [0.1, 0.15) is 32.1 Å². The Morgan fingerprint density at radius 3 is 2.74 bits per heavy atom. The highest BCUT2D eigenvalue weighted by atomic mass is 16.2. The molecule has 1 aliphatic carbocycles. The predicted molar refractivity (Wildman–Crippen MR) is 105 cm³/mol. The van der Waals surface area contributed by atoms with Gasteiger partial charge < -0.3 is 10.6 Å². The van der Waals surface area contributed by atoms with Crippen molar-refractivity contribution < 1.29 is 9.59 Å². The molecular formula is C21H30N4O2. The first-order chi connectivity index (χ1) is 13.1. The summed E-state index contributed by atoms with van der Waals surface area (Å²) in [5, 5.41) is 6.09. The molecule has 2 aliphatic heterocycles. The number of carbonyl (C=O) groups is 2. The minimum Gasteiger partial charge on any atom is -0.353 e. The summed E-state index contributed by atoms with van der Waals surface area (Å²) in [6.45, 7) is 2.69. The number of nitrogens with zero attached hydrogens (tertiary/aromatic N) is 2. The Kier molecular flexibility index (Phi) is 5.45. The number of fused-ring (bicyclic) bond motifs is 1. The van der Waals surface area contributed by atoms with Crippen molar-refractivity contribution in [3.05, 3.63) is 30.3 Å². The third-order valence-electron chi connectivity index (χ3n) is 6.30. The second-order valence-electron chi connectivity index (χ2n) is 8.26. The fourth-order valence-electron chi connectivity index (χ4n) is 4.53.